The predicted octanol–water partition coefficient (Wildman–Crippen LogP) is 7.47. The van der Waals surface area contributed by atoms with E-state index in [-0.39, 0.29) is 32.4 Å². The van der Waals surface area contributed by atoms with Crippen molar-refractivity contribution in [1.82, 2.24) is 0 Å². The Hall–Kier alpha value is -3.70. The second-order valence-corrected chi connectivity index (χ2v) is 10.3. The van der Waals surface area contributed by atoms with E-state index in [9.17, 15) is 22.9 Å². The van der Waals surface area contributed by atoms with Crippen molar-refractivity contribution in [1.29, 1.82) is 0 Å². The van der Waals surface area contributed by atoms with Crippen LogP contribution in [0.25, 0.3) is 10.8 Å². The number of nitrogens with zero attached hydrogens (tertiary/aromatic N) is 2. The first-order chi connectivity index (χ1) is 18.0. The lowest BCUT2D eigenvalue weighted by Crippen LogP contribution is -2.12. The molecule has 0 fully saturated rings. The van der Waals surface area contributed by atoms with Gasteiger partial charge < -0.3 is 15.2 Å². The average Bonchev–Trinajstić information content (AvgIpc) is 2.85. The summed E-state index contributed by atoms with van der Waals surface area (Å²) in [6.07, 6.45) is 0. The van der Waals surface area contributed by atoms with Crippen molar-refractivity contribution in [3.05, 3.63) is 81.8 Å². The van der Waals surface area contributed by atoms with Crippen molar-refractivity contribution >= 4 is 67.1 Å². The van der Waals surface area contributed by atoms with Crippen LogP contribution in [-0.4, -0.2) is 30.6 Å². The van der Waals surface area contributed by atoms with Gasteiger partial charge in [-0.05, 0) is 55.1 Å². The number of anilines is 1. The van der Waals surface area contributed by atoms with Crippen molar-refractivity contribution in [3.8, 4) is 11.5 Å². The van der Waals surface area contributed by atoms with Gasteiger partial charge in [0.15, 0.2) is 5.75 Å². The Morgan fingerprint density at radius 1 is 1.03 bits per heavy atom. The monoisotopic (exact) mass is 573 g/mol. The van der Waals surface area contributed by atoms with Crippen molar-refractivity contribution < 1.29 is 27.6 Å². The van der Waals surface area contributed by atoms with Gasteiger partial charge in [0.05, 0.1) is 27.1 Å². The van der Waals surface area contributed by atoms with Gasteiger partial charge in [0.2, 0.25) is 0 Å². The quantitative estimate of drug-likeness (QED) is 0.155. The number of rotatable bonds is 7. The highest BCUT2D eigenvalue weighted by atomic mass is 35.5. The molecule has 4 aromatic rings. The number of benzene rings is 4. The van der Waals surface area contributed by atoms with Gasteiger partial charge in [0.1, 0.15) is 17.1 Å². The summed E-state index contributed by atoms with van der Waals surface area (Å²) in [5, 5.41) is 23.4. The standard InChI is InChI=1S/C26H21Cl2N3O6S/c1-3-37-22-12-16(8-9-19(22)27)29-26(33)18-11-15-6-4-5-7-17(15)24(25(18)32)31-30-21-13-23(38(34,35)36)14(2)10-20(21)28/h4-13,32H,3H2,1-2H3,(H,29,33)(H,34,35,36). The fraction of sp³-hybridized carbons (Fsp3) is 0.115. The number of hydrogen-bond donors (Lipinski definition) is 3. The molecule has 1 amide bonds. The minimum Gasteiger partial charge on any atom is -0.505 e. The van der Waals surface area contributed by atoms with Gasteiger partial charge in [0, 0.05) is 17.1 Å². The third-order valence-electron chi connectivity index (χ3n) is 5.51. The molecule has 0 atom stereocenters. The van der Waals surface area contributed by atoms with E-state index in [0.29, 0.717) is 33.8 Å². The number of aryl methyl sites for hydroxylation is 1. The summed E-state index contributed by atoms with van der Waals surface area (Å²) in [5.41, 5.74) is 0.428. The molecule has 9 nitrogen and oxygen atoms in total. The van der Waals surface area contributed by atoms with E-state index in [4.69, 9.17) is 27.9 Å². The summed E-state index contributed by atoms with van der Waals surface area (Å²) in [4.78, 5) is 12.8. The molecule has 0 aliphatic rings. The molecular formula is C26H21Cl2N3O6S. The fourth-order valence-corrected chi connectivity index (χ4v) is 4.89. The molecule has 0 aliphatic heterocycles. The summed E-state index contributed by atoms with van der Waals surface area (Å²) in [6.45, 7) is 3.65. The number of amides is 1. The number of nitrogens with one attached hydrogen (secondary N) is 1. The number of halogens is 2. The minimum atomic E-state index is -4.54. The molecule has 0 aromatic heterocycles. The molecule has 0 spiro atoms. The molecule has 38 heavy (non-hydrogen) atoms. The zero-order valence-electron chi connectivity index (χ0n) is 20.1. The lowest BCUT2D eigenvalue weighted by atomic mass is 10.0. The van der Waals surface area contributed by atoms with Gasteiger partial charge in [-0.2, -0.15) is 8.42 Å². The van der Waals surface area contributed by atoms with E-state index in [0.717, 1.165) is 6.07 Å². The first-order valence-electron chi connectivity index (χ1n) is 11.2. The van der Waals surface area contributed by atoms with Crippen molar-refractivity contribution in [3.63, 3.8) is 0 Å². The maximum atomic E-state index is 13.2. The first-order valence-corrected chi connectivity index (χ1v) is 13.4. The summed E-state index contributed by atoms with van der Waals surface area (Å²) >= 11 is 12.3. The number of phenols is 1. The first kappa shape index (κ1) is 27.3. The van der Waals surface area contributed by atoms with E-state index in [1.165, 1.54) is 19.1 Å². The molecule has 196 valence electrons. The fourth-order valence-electron chi connectivity index (χ4n) is 3.74. The Labute approximate surface area is 228 Å². The molecule has 0 radical (unpaired) electrons. The third kappa shape index (κ3) is 5.73. The zero-order chi connectivity index (χ0) is 27.6. The Kier molecular flexibility index (Phi) is 7.89. The number of phenolic OH excluding ortho intramolecular Hbond substituents is 1. The third-order valence-corrected chi connectivity index (χ3v) is 7.12. The number of hydrogen-bond acceptors (Lipinski definition) is 7. The van der Waals surface area contributed by atoms with Gasteiger partial charge in [-0.3, -0.25) is 9.35 Å². The van der Waals surface area contributed by atoms with Crippen molar-refractivity contribution in [2.45, 2.75) is 18.7 Å². The maximum Gasteiger partial charge on any atom is 0.294 e. The highest BCUT2D eigenvalue weighted by Gasteiger charge is 2.20. The molecule has 0 unspecified atom stereocenters. The molecule has 4 aromatic carbocycles. The van der Waals surface area contributed by atoms with Crippen LogP contribution in [0.4, 0.5) is 17.1 Å². The van der Waals surface area contributed by atoms with Gasteiger partial charge in [-0.25, -0.2) is 0 Å². The van der Waals surface area contributed by atoms with E-state index < -0.39 is 21.8 Å². The Balaban J connectivity index is 1.78. The lowest BCUT2D eigenvalue weighted by Gasteiger charge is -2.12. The van der Waals surface area contributed by atoms with Crippen LogP contribution in [0.3, 0.4) is 0 Å². The number of azo groups is 1. The van der Waals surface area contributed by atoms with Crippen LogP contribution in [0.5, 0.6) is 11.5 Å². The Morgan fingerprint density at radius 2 is 1.76 bits per heavy atom. The Morgan fingerprint density at radius 3 is 2.47 bits per heavy atom. The molecule has 0 heterocycles. The molecule has 0 bridgehead atoms. The number of ether oxygens (including phenoxy) is 1. The van der Waals surface area contributed by atoms with Crippen molar-refractivity contribution in [2.75, 3.05) is 11.9 Å². The highest BCUT2D eigenvalue weighted by molar-refractivity contribution is 7.85. The van der Waals surface area contributed by atoms with E-state index in [1.807, 2.05) is 0 Å². The van der Waals surface area contributed by atoms with Crippen LogP contribution in [-0.2, 0) is 10.1 Å². The van der Waals surface area contributed by atoms with E-state index in [1.54, 1.807) is 49.4 Å². The normalized spacial score (nSPS) is 11.7. The lowest BCUT2D eigenvalue weighted by molar-refractivity contribution is 0.102. The molecule has 0 saturated carbocycles. The van der Waals surface area contributed by atoms with Gasteiger partial charge in [-0.1, -0.05) is 47.5 Å². The van der Waals surface area contributed by atoms with Crippen LogP contribution >= 0.6 is 23.2 Å². The highest BCUT2D eigenvalue weighted by Crippen LogP contribution is 2.41. The maximum absolute atomic E-state index is 13.2. The van der Waals surface area contributed by atoms with Crippen LogP contribution in [0.1, 0.15) is 22.8 Å². The molecule has 12 heteroatoms. The van der Waals surface area contributed by atoms with Crippen LogP contribution in [0.15, 0.2) is 75.8 Å². The second-order valence-electron chi connectivity index (χ2n) is 8.12. The smallest absolute Gasteiger partial charge is 0.294 e. The molecule has 0 aliphatic carbocycles. The molecular weight excluding hydrogens is 553 g/mol. The number of carbonyl (C=O) groups excluding carboxylic acids is 1. The van der Waals surface area contributed by atoms with E-state index >= 15 is 0 Å². The number of fused-ring (bicyclic) bond motifs is 1. The van der Waals surface area contributed by atoms with Crippen LogP contribution in [0, 0.1) is 6.92 Å². The molecule has 4 rings (SSSR count). The largest absolute Gasteiger partial charge is 0.505 e. The van der Waals surface area contributed by atoms with Gasteiger partial charge >= 0.3 is 0 Å². The zero-order valence-corrected chi connectivity index (χ0v) is 22.4. The number of carbonyl (C=O) groups is 1. The Bertz CT molecular complexity index is 1710. The van der Waals surface area contributed by atoms with E-state index in [2.05, 4.69) is 15.5 Å². The van der Waals surface area contributed by atoms with Crippen molar-refractivity contribution in [2.24, 2.45) is 10.2 Å². The van der Waals surface area contributed by atoms with Gasteiger partial charge in [-0.15, -0.1) is 10.2 Å². The summed E-state index contributed by atoms with van der Waals surface area (Å²) in [6, 6.07) is 15.5. The van der Waals surface area contributed by atoms with Crippen LogP contribution < -0.4 is 10.1 Å². The summed E-state index contributed by atoms with van der Waals surface area (Å²) in [7, 11) is -4.54. The summed E-state index contributed by atoms with van der Waals surface area (Å²) < 4.78 is 38.4. The molecule has 3 N–H and O–H groups in total. The predicted molar refractivity (Wildman–Crippen MR) is 146 cm³/mol. The second kappa shape index (κ2) is 11.0. The van der Waals surface area contributed by atoms with Gasteiger partial charge in [0.25, 0.3) is 16.0 Å². The molecule has 0 saturated heterocycles. The number of aromatic hydroxyl groups is 1. The summed E-state index contributed by atoms with van der Waals surface area (Å²) in [5.74, 6) is -0.692. The van der Waals surface area contributed by atoms with Crippen LogP contribution in [0.2, 0.25) is 10.0 Å². The SMILES string of the molecule is CCOc1cc(NC(=O)c2cc3ccccc3c(N=Nc3cc(S(=O)(=O)O)c(C)cc3Cl)c2O)ccc1Cl. The minimum absolute atomic E-state index is 0.0376. The average molecular weight is 574 g/mol. The topological polar surface area (TPSA) is 138 Å².